The number of nitrogens with zero attached hydrogens (tertiary/aromatic N) is 4. The van der Waals surface area contributed by atoms with E-state index in [1.54, 1.807) is 7.11 Å². The summed E-state index contributed by atoms with van der Waals surface area (Å²) in [7, 11) is -1.94. The molecule has 1 fully saturated rings. The molecule has 1 saturated heterocycles. The molecule has 9 nitrogen and oxygen atoms in total. The lowest BCUT2D eigenvalue weighted by molar-refractivity contribution is 0.409. The molecule has 0 bridgehead atoms. The molecule has 1 aromatic carbocycles. The van der Waals surface area contributed by atoms with Gasteiger partial charge in [0.15, 0.2) is 32.4 Å². The Labute approximate surface area is 202 Å². The van der Waals surface area contributed by atoms with Crippen LogP contribution >= 0.6 is 11.8 Å². The van der Waals surface area contributed by atoms with E-state index in [2.05, 4.69) is 25.4 Å². The van der Waals surface area contributed by atoms with E-state index in [0.29, 0.717) is 28.4 Å². The second-order valence-corrected chi connectivity index (χ2v) is 11.2. The zero-order chi connectivity index (χ0) is 24.3. The first-order valence-electron chi connectivity index (χ1n) is 11.0. The average molecular weight is 507 g/mol. The van der Waals surface area contributed by atoms with Gasteiger partial charge in [0.2, 0.25) is 5.75 Å². The van der Waals surface area contributed by atoms with Crippen molar-refractivity contribution in [1.82, 2.24) is 20.2 Å². The molecule has 2 aromatic heterocycles. The smallest absolute Gasteiger partial charge is 0.204 e. The number of piperidine rings is 1. The van der Waals surface area contributed by atoms with Crippen molar-refractivity contribution in [3.8, 4) is 5.75 Å². The van der Waals surface area contributed by atoms with Gasteiger partial charge >= 0.3 is 0 Å². The number of halogens is 1. The number of aromatic amines is 1. The number of methoxy groups -OCH3 is 1. The standard InChI is InChI=1S/C22H27FN6O3S2/c1-4-34(30,31)15-8-9-17(16(23)13-15)33-22-25-20(24-18-12-14(2)27-28-18)19(32-3)21(26-22)29-10-6-5-7-11-29/h8-9,12-13H,4-7,10-11H2,1-3H3,(H2,24,25,26,27,28). The van der Waals surface area contributed by atoms with Gasteiger partial charge in [0.1, 0.15) is 5.82 Å². The number of H-pyrrole nitrogens is 1. The summed E-state index contributed by atoms with van der Waals surface area (Å²) in [6.07, 6.45) is 3.24. The number of ether oxygens (including phenoxy) is 1. The maximum Gasteiger partial charge on any atom is 0.204 e. The monoisotopic (exact) mass is 506 g/mol. The highest BCUT2D eigenvalue weighted by atomic mass is 32.2. The Morgan fingerprint density at radius 2 is 1.97 bits per heavy atom. The number of benzene rings is 1. The summed E-state index contributed by atoms with van der Waals surface area (Å²) >= 11 is 1.03. The van der Waals surface area contributed by atoms with Crippen molar-refractivity contribution in [3.05, 3.63) is 35.8 Å². The van der Waals surface area contributed by atoms with Crippen LogP contribution in [-0.2, 0) is 9.84 Å². The fourth-order valence-electron chi connectivity index (χ4n) is 3.68. The van der Waals surface area contributed by atoms with Gasteiger partial charge in [-0.05, 0) is 56.1 Å². The Hall–Kier alpha value is -2.86. The second kappa shape index (κ2) is 10.2. The molecule has 2 N–H and O–H groups in total. The van der Waals surface area contributed by atoms with Gasteiger partial charge in [-0.2, -0.15) is 5.10 Å². The molecule has 3 heterocycles. The molecular weight excluding hydrogens is 479 g/mol. The summed E-state index contributed by atoms with van der Waals surface area (Å²) in [5, 5.41) is 10.6. The first-order valence-corrected chi connectivity index (χ1v) is 13.5. The zero-order valence-corrected chi connectivity index (χ0v) is 20.9. The van der Waals surface area contributed by atoms with Crippen LogP contribution in [0.5, 0.6) is 5.75 Å². The Bertz CT molecular complexity index is 1280. The van der Waals surface area contributed by atoms with Crippen LogP contribution in [-0.4, -0.2) is 54.5 Å². The van der Waals surface area contributed by atoms with E-state index in [4.69, 9.17) is 9.72 Å². The van der Waals surface area contributed by atoms with Crippen LogP contribution in [0.15, 0.2) is 39.2 Å². The van der Waals surface area contributed by atoms with Gasteiger partial charge in [-0.3, -0.25) is 5.10 Å². The molecule has 1 aliphatic rings. The van der Waals surface area contributed by atoms with Crippen molar-refractivity contribution in [2.24, 2.45) is 0 Å². The minimum absolute atomic E-state index is 0.0437. The summed E-state index contributed by atoms with van der Waals surface area (Å²) < 4.78 is 44.7. The number of anilines is 3. The average Bonchev–Trinajstić information content (AvgIpc) is 3.25. The number of nitrogens with one attached hydrogen (secondary N) is 2. The van der Waals surface area contributed by atoms with E-state index >= 15 is 0 Å². The Morgan fingerprint density at radius 1 is 1.21 bits per heavy atom. The maximum atomic E-state index is 14.8. The number of hydrogen-bond acceptors (Lipinski definition) is 9. The highest BCUT2D eigenvalue weighted by molar-refractivity contribution is 7.99. The number of aromatic nitrogens is 4. The first kappa shape index (κ1) is 24.3. The normalized spacial score (nSPS) is 14.3. The van der Waals surface area contributed by atoms with Crippen LogP contribution < -0.4 is 15.0 Å². The van der Waals surface area contributed by atoms with Gasteiger partial charge in [0.25, 0.3) is 0 Å². The first-order chi connectivity index (χ1) is 16.3. The summed E-state index contributed by atoms with van der Waals surface area (Å²) in [5.41, 5.74) is 0.880. The van der Waals surface area contributed by atoms with E-state index in [1.165, 1.54) is 19.1 Å². The van der Waals surface area contributed by atoms with Crippen molar-refractivity contribution in [2.75, 3.05) is 36.2 Å². The highest BCUT2D eigenvalue weighted by Crippen LogP contribution is 2.39. The number of hydrogen-bond donors (Lipinski definition) is 2. The number of aryl methyl sites for hydroxylation is 1. The fraction of sp³-hybridized carbons (Fsp3) is 0.409. The third-order valence-corrected chi connectivity index (χ3v) is 8.13. The molecule has 0 aliphatic carbocycles. The topological polar surface area (TPSA) is 113 Å². The van der Waals surface area contributed by atoms with Gasteiger partial charge < -0.3 is 15.0 Å². The summed E-state index contributed by atoms with van der Waals surface area (Å²) in [6, 6.07) is 5.73. The summed E-state index contributed by atoms with van der Waals surface area (Å²) in [4.78, 5) is 11.6. The van der Waals surface area contributed by atoms with Gasteiger partial charge in [-0.25, -0.2) is 22.8 Å². The third-order valence-electron chi connectivity index (χ3n) is 5.48. The third kappa shape index (κ3) is 5.27. The quantitative estimate of drug-likeness (QED) is 0.431. The molecule has 34 heavy (non-hydrogen) atoms. The molecule has 1 aliphatic heterocycles. The maximum absolute atomic E-state index is 14.8. The van der Waals surface area contributed by atoms with E-state index in [-0.39, 0.29) is 15.5 Å². The highest BCUT2D eigenvalue weighted by Gasteiger charge is 2.24. The molecule has 0 radical (unpaired) electrons. The van der Waals surface area contributed by atoms with Crippen LogP contribution in [0.1, 0.15) is 31.9 Å². The van der Waals surface area contributed by atoms with Gasteiger partial charge in [0.05, 0.1) is 22.7 Å². The summed E-state index contributed by atoms with van der Waals surface area (Å²) in [6.45, 7) is 5.08. The molecule has 12 heteroatoms. The minimum atomic E-state index is -3.50. The number of rotatable bonds is 8. The lowest BCUT2D eigenvalue weighted by atomic mass is 10.1. The van der Waals surface area contributed by atoms with E-state index in [0.717, 1.165) is 55.9 Å². The SMILES string of the molecule is CCS(=O)(=O)c1ccc(Sc2nc(Nc3cc(C)[nH]n3)c(OC)c(N3CCCCC3)n2)c(F)c1. The molecule has 0 unspecified atom stereocenters. The van der Waals surface area contributed by atoms with Crippen LogP contribution in [0.2, 0.25) is 0 Å². The Balaban J connectivity index is 1.73. The molecule has 4 rings (SSSR count). The molecular formula is C22H27FN6O3S2. The van der Waals surface area contributed by atoms with Crippen molar-refractivity contribution >= 4 is 39.1 Å². The van der Waals surface area contributed by atoms with Crippen LogP contribution in [0.3, 0.4) is 0 Å². The number of sulfone groups is 1. The second-order valence-electron chi connectivity index (χ2n) is 7.92. The molecule has 0 spiro atoms. The lowest BCUT2D eigenvalue weighted by Gasteiger charge is -2.29. The fourth-order valence-corrected chi connectivity index (χ4v) is 5.33. The van der Waals surface area contributed by atoms with Crippen molar-refractivity contribution in [2.45, 2.75) is 48.1 Å². The largest absolute Gasteiger partial charge is 0.490 e. The molecule has 3 aromatic rings. The van der Waals surface area contributed by atoms with Crippen molar-refractivity contribution in [3.63, 3.8) is 0 Å². The van der Waals surface area contributed by atoms with Crippen LogP contribution in [0.25, 0.3) is 0 Å². The Morgan fingerprint density at radius 3 is 2.59 bits per heavy atom. The van der Waals surface area contributed by atoms with Gasteiger partial charge in [-0.15, -0.1) is 0 Å². The minimum Gasteiger partial charge on any atom is -0.490 e. The summed E-state index contributed by atoms with van der Waals surface area (Å²) in [5.74, 6) is 1.35. The Kier molecular flexibility index (Phi) is 7.27. The van der Waals surface area contributed by atoms with Gasteiger partial charge in [0, 0.05) is 24.8 Å². The van der Waals surface area contributed by atoms with E-state index in [1.807, 2.05) is 13.0 Å². The van der Waals surface area contributed by atoms with Crippen LogP contribution in [0.4, 0.5) is 21.8 Å². The van der Waals surface area contributed by atoms with Crippen molar-refractivity contribution < 1.29 is 17.5 Å². The van der Waals surface area contributed by atoms with Crippen LogP contribution in [0, 0.1) is 12.7 Å². The van der Waals surface area contributed by atoms with Gasteiger partial charge in [-0.1, -0.05) is 6.92 Å². The molecule has 182 valence electrons. The predicted octanol–water partition coefficient (Wildman–Crippen LogP) is 4.33. The van der Waals surface area contributed by atoms with Crippen molar-refractivity contribution in [1.29, 1.82) is 0 Å². The molecule has 0 saturated carbocycles. The zero-order valence-electron chi connectivity index (χ0n) is 19.3. The molecule has 0 atom stereocenters. The molecule has 0 amide bonds. The predicted molar refractivity (Wildman–Crippen MR) is 130 cm³/mol. The lowest BCUT2D eigenvalue weighted by Crippen LogP contribution is -2.31. The van der Waals surface area contributed by atoms with E-state index in [9.17, 15) is 12.8 Å². The van der Waals surface area contributed by atoms with E-state index < -0.39 is 15.7 Å².